The van der Waals surface area contributed by atoms with E-state index < -0.39 is 0 Å². The molecule has 2 heterocycles. The van der Waals surface area contributed by atoms with Crippen LogP contribution in [0.5, 0.6) is 11.5 Å². The summed E-state index contributed by atoms with van der Waals surface area (Å²) in [6.45, 7) is 2.10. The summed E-state index contributed by atoms with van der Waals surface area (Å²) in [6.07, 6.45) is 0.574. The molecule has 3 aromatic carbocycles. The van der Waals surface area contributed by atoms with Gasteiger partial charge in [0.25, 0.3) is 0 Å². The molecule has 0 aromatic heterocycles. The third kappa shape index (κ3) is 3.29. The molecule has 0 N–H and O–H groups in total. The molecule has 0 radical (unpaired) electrons. The maximum Gasteiger partial charge on any atom is 0.213 e. The molecule has 2 aliphatic rings. The highest BCUT2D eigenvalue weighted by atomic mass is 79.9. The Balaban J connectivity index is 1.58. The molecule has 3 aromatic rings. The molecule has 0 saturated carbocycles. The fourth-order valence-corrected chi connectivity index (χ4v) is 4.35. The summed E-state index contributed by atoms with van der Waals surface area (Å²) in [5.74, 6) is 1.74. The van der Waals surface area contributed by atoms with Gasteiger partial charge < -0.3 is 9.47 Å². The third-order valence-electron chi connectivity index (χ3n) is 5.54. The van der Waals surface area contributed by atoms with Crippen LogP contribution in [0.3, 0.4) is 0 Å². The number of benzene rings is 3. The monoisotopic (exact) mass is 448 g/mol. The molecule has 146 valence electrons. The van der Waals surface area contributed by atoms with Gasteiger partial charge in [0, 0.05) is 22.0 Å². The number of ether oxygens (including phenoxy) is 2. The van der Waals surface area contributed by atoms with Gasteiger partial charge in [0.1, 0.15) is 11.5 Å². The number of aryl methyl sites for hydroxylation is 1. The van der Waals surface area contributed by atoms with E-state index in [9.17, 15) is 0 Å². The second-order valence-electron chi connectivity index (χ2n) is 7.44. The maximum absolute atomic E-state index is 6.42. The van der Waals surface area contributed by atoms with Crippen LogP contribution >= 0.6 is 15.9 Å². The minimum absolute atomic E-state index is 0.139. The molecule has 2 aliphatic heterocycles. The van der Waals surface area contributed by atoms with Gasteiger partial charge in [0.15, 0.2) is 0 Å². The molecular formula is C24H21BrN2O2. The topological polar surface area (TPSA) is 34.1 Å². The quantitative estimate of drug-likeness (QED) is 0.491. The summed E-state index contributed by atoms with van der Waals surface area (Å²) in [7, 11) is 1.68. The van der Waals surface area contributed by atoms with Gasteiger partial charge >= 0.3 is 0 Å². The highest BCUT2D eigenvalue weighted by Gasteiger charge is 2.41. The Kier molecular flexibility index (Phi) is 4.55. The van der Waals surface area contributed by atoms with Crippen LogP contribution < -0.4 is 9.47 Å². The van der Waals surface area contributed by atoms with Crippen LogP contribution in [0.25, 0.3) is 0 Å². The van der Waals surface area contributed by atoms with Crippen molar-refractivity contribution in [2.24, 2.45) is 5.10 Å². The number of nitrogens with zero attached hydrogens (tertiary/aromatic N) is 2. The number of hydrogen-bond acceptors (Lipinski definition) is 4. The largest absolute Gasteiger partial charge is 0.497 e. The van der Waals surface area contributed by atoms with Gasteiger partial charge in [0.2, 0.25) is 6.23 Å². The minimum atomic E-state index is -0.275. The van der Waals surface area contributed by atoms with E-state index in [1.54, 1.807) is 7.11 Å². The van der Waals surface area contributed by atoms with Gasteiger partial charge in [-0.2, -0.15) is 5.10 Å². The van der Waals surface area contributed by atoms with Crippen LogP contribution in [0.4, 0.5) is 0 Å². The second-order valence-corrected chi connectivity index (χ2v) is 8.35. The number of hydrazone groups is 1. The van der Waals surface area contributed by atoms with E-state index in [1.807, 2.05) is 36.4 Å². The van der Waals surface area contributed by atoms with Crippen molar-refractivity contribution >= 4 is 21.6 Å². The molecule has 0 fully saturated rings. The van der Waals surface area contributed by atoms with Gasteiger partial charge in [-0.3, -0.25) is 0 Å². The molecule has 0 aliphatic carbocycles. The lowest BCUT2D eigenvalue weighted by molar-refractivity contribution is -0.0191. The van der Waals surface area contributed by atoms with Crippen LogP contribution in [0, 0.1) is 6.92 Å². The Morgan fingerprint density at radius 2 is 1.79 bits per heavy atom. The molecule has 4 nitrogen and oxygen atoms in total. The Bertz CT molecular complexity index is 1080. The van der Waals surface area contributed by atoms with Gasteiger partial charge in [0.05, 0.1) is 18.9 Å². The number of halogens is 1. The van der Waals surface area contributed by atoms with Crippen molar-refractivity contribution in [3.8, 4) is 11.5 Å². The molecule has 29 heavy (non-hydrogen) atoms. The Hall–Kier alpha value is -2.79. The van der Waals surface area contributed by atoms with E-state index in [2.05, 4.69) is 58.2 Å². The van der Waals surface area contributed by atoms with Gasteiger partial charge in [-0.25, -0.2) is 5.01 Å². The Labute approximate surface area is 178 Å². The zero-order valence-electron chi connectivity index (χ0n) is 16.3. The molecule has 5 rings (SSSR count). The van der Waals surface area contributed by atoms with E-state index >= 15 is 0 Å². The lowest BCUT2D eigenvalue weighted by Gasteiger charge is -2.38. The first-order valence-electron chi connectivity index (χ1n) is 9.65. The first kappa shape index (κ1) is 18.3. The van der Waals surface area contributed by atoms with Crippen LogP contribution in [0.1, 0.15) is 40.9 Å². The van der Waals surface area contributed by atoms with E-state index in [1.165, 1.54) is 5.56 Å². The number of rotatable bonds is 3. The molecular weight excluding hydrogens is 428 g/mol. The van der Waals surface area contributed by atoms with Gasteiger partial charge in [-0.15, -0.1) is 0 Å². The number of fused-ring (bicyclic) bond motifs is 3. The highest BCUT2D eigenvalue weighted by Crippen LogP contribution is 2.48. The normalized spacial score (nSPS) is 19.8. The average molecular weight is 449 g/mol. The first-order chi connectivity index (χ1) is 14.1. The zero-order chi connectivity index (χ0) is 20.0. The summed E-state index contributed by atoms with van der Waals surface area (Å²) >= 11 is 3.61. The SMILES string of the molecule is COc1ccc(C2Oc3ccc(Br)cc3C3CC(c4ccc(C)cc4)=NN32)cc1. The zero-order valence-corrected chi connectivity index (χ0v) is 17.9. The molecule has 2 atom stereocenters. The maximum atomic E-state index is 6.42. The fraction of sp³-hybridized carbons (Fsp3) is 0.208. The van der Waals surface area contributed by atoms with Crippen molar-refractivity contribution in [1.82, 2.24) is 5.01 Å². The second kappa shape index (κ2) is 7.23. The van der Waals surface area contributed by atoms with E-state index in [4.69, 9.17) is 14.6 Å². The van der Waals surface area contributed by atoms with Crippen molar-refractivity contribution in [2.45, 2.75) is 25.6 Å². The van der Waals surface area contributed by atoms with Crippen LogP contribution in [-0.2, 0) is 0 Å². The summed E-state index contributed by atoms with van der Waals surface area (Å²) in [6, 6.07) is 22.9. The molecule has 5 heteroatoms. The predicted molar refractivity (Wildman–Crippen MR) is 117 cm³/mol. The third-order valence-corrected chi connectivity index (χ3v) is 6.03. The van der Waals surface area contributed by atoms with Crippen molar-refractivity contribution in [3.63, 3.8) is 0 Å². The lowest BCUT2D eigenvalue weighted by atomic mass is 9.95. The van der Waals surface area contributed by atoms with Crippen molar-refractivity contribution in [1.29, 1.82) is 0 Å². The van der Waals surface area contributed by atoms with Crippen molar-refractivity contribution in [3.05, 3.63) is 93.5 Å². The van der Waals surface area contributed by atoms with Crippen LogP contribution in [-0.4, -0.2) is 17.8 Å². The minimum Gasteiger partial charge on any atom is -0.497 e. The van der Waals surface area contributed by atoms with Crippen molar-refractivity contribution in [2.75, 3.05) is 7.11 Å². The Morgan fingerprint density at radius 1 is 1.03 bits per heavy atom. The van der Waals surface area contributed by atoms with Crippen LogP contribution in [0.2, 0.25) is 0 Å². The fourth-order valence-electron chi connectivity index (χ4n) is 3.97. The molecule has 2 unspecified atom stereocenters. The molecule has 0 amide bonds. The summed E-state index contributed by atoms with van der Waals surface area (Å²) in [4.78, 5) is 0. The summed E-state index contributed by atoms with van der Waals surface area (Å²) in [5, 5.41) is 7.12. The lowest BCUT2D eigenvalue weighted by Crippen LogP contribution is -2.33. The van der Waals surface area contributed by atoms with E-state index in [-0.39, 0.29) is 12.3 Å². The van der Waals surface area contributed by atoms with E-state index in [0.717, 1.165) is 44.8 Å². The summed E-state index contributed by atoms with van der Waals surface area (Å²) < 4.78 is 12.8. The van der Waals surface area contributed by atoms with E-state index in [0.29, 0.717) is 0 Å². The Morgan fingerprint density at radius 3 is 2.52 bits per heavy atom. The van der Waals surface area contributed by atoms with Gasteiger partial charge in [-0.05, 0) is 55.0 Å². The number of methoxy groups -OCH3 is 1. The predicted octanol–water partition coefficient (Wildman–Crippen LogP) is 6.01. The molecule has 0 saturated heterocycles. The summed E-state index contributed by atoms with van der Waals surface area (Å²) in [5.41, 5.74) is 5.71. The van der Waals surface area contributed by atoms with Gasteiger partial charge in [-0.1, -0.05) is 45.8 Å². The standard InChI is InChI=1S/C24H21BrN2O2/c1-15-3-5-16(6-4-15)21-14-22-20-13-18(25)9-12-23(20)29-24(27(22)26-21)17-7-10-19(28-2)11-8-17/h3-13,22,24H,14H2,1-2H3. The smallest absolute Gasteiger partial charge is 0.213 e. The highest BCUT2D eigenvalue weighted by molar-refractivity contribution is 9.10. The van der Waals surface area contributed by atoms with Crippen molar-refractivity contribution < 1.29 is 9.47 Å². The molecule has 0 bridgehead atoms. The average Bonchev–Trinajstić information content (AvgIpc) is 3.20. The first-order valence-corrected chi connectivity index (χ1v) is 10.4. The van der Waals surface area contributed by atoms with Crippen LogP contribution in [0.15, 0.2) is 76.3 Å². The molecule has 0 spiro atoms. The number of hydrogen-bond donors (Lipinski definition) is 0.